The number of rotatable bonds is 9. The Kier molecular flexibility index (Phi) is 7.75. The number of carbonyl (C=O) groups is 2. The van der Waals surface area contributed by atoms with Crippen LogP contribution in [0.3, 0.4) is 0 Å². The second-order valence-corrected chi connectivity index (χ2v) is 7.07. The predicted molar refractivity (Wildman–Crippen MR) is 123 cm³/mol. The normalized spacial score (nSPS) is 11.0. The molecule has 0 unspecified atom stereocenters. The summed E-state index contributed by atoms with van der Waals surface area (Å²) in [6.45, 7) is 2.05. The average Bonchev–Trinajstić information content (AvgIpc) is 3.34. The van der Waals surface area contributed by atoms with Crippen LogP contribution in [0.25, 0.3) is 6.08 Å². The predicted octanol–water partition coefficient (Wildman–Crippen LogP) is 3.70. The van der Waals surface area contributed by atoms with Crippen LogP contribution < -0.4 is 24.8 Å². The van der Waals surface area contributed by atoms with Gasteiger partial charge >= 0.3 is 0 Å². The maximum Gasteiger partial charge on any atom is 0.268 e. The van der Waals surface area contributed by atoms with Crippen molar-refractivity contribution < 1.29 is 28.2 Å². The first-order chi connectivity index (χ1) is 16.0. The molecule has 172 valence electrons. The van der Waals surface area contributed by atoms with Crippen molar-refractivity contribution >= 4 is 17.9 Å². The molecule has 3 aromatic rings. The van der Waals surface area contributed by atoms with Gasteiger partial charge in [-0.3, -0.25) is 9.59 Å². The fourth-order valence-electron chi connectivity index (χ4n) is 3.15. The van der Waals surface area contributed by atoms with Gasteiger partial charge in [-0.25, -0.2) is 0 Å². The minimum Gasteiger partial charge on any atom is -0.493 e. The van der Waals surface area contributed by atoms with Crippen LogP contribution in [0.4, 0.5) is 0 Å². The van der Waals surface area contributed by atoms with E-state index in [0.29, 0.717) is 34.1 Å². The first-order valence-corrected chi connectivity index (χ1v) is 10.2. The van der Waals surface area contributed by atoms with Crippen LogP contribution in [-0.2, 0) is 11.3 Å². The number of carbonyl (C=O) groups excluding carboxylic acids is 2. The number of hydrogen-bond acceptors (Lipinski definition) is 6. The lowest BCUT2D eigenvalue weighted by molar-refractivity contribution is -0.117. The summed E-state index contributed by atoms with van der Waals surface area (Å²) in [5.41, 5.74) is 2.17. The molecule has 3 rings (SSSR count). The number of hydrogen-bond donors (Lipinski definition) is 2. The summed E-state index contributed by atoms with van der Waals surface area (Å²) >= 11 is 0. The molecule has 0 aliphatic carbocycles. The van der Waals surface area contributed by atoms with Crippen molar-refractivity contribution in [3.8, 4) is 17.2 Å². The number of benzene rings is 2. The molecular formula is C25H26N2O6. The molecule has 2 N–H and O–H groups in total. The van der Waals surface area contributed by atoms with Gasteiger partial charge in [0.25, 0.3) is 11.8 Å². The van der Waals surface area contributed by atoms with Crippen molar-refractivity contribution in [2.75, 3.05) is 21.3 Å². The summed E-state index contributed by atoms with van der Waals surface area (Å²) < 4.78 is 21.5. The second kappa shape index (κ2) is 10.9. The van der Waals surface area contributed by atoms with Crippen LogP contribution in [0.2, 0.25) is 0 Å². The van der Waals surface area contributed by atoms with Gasteiger partial charge in [-0.1, -0.05) is 17.7 Å². The summed E-state index contributed by atoms with van der Waals surface area (Å²) in [4.78, 5) is 25.7. The summed E-state index contributed by atoms with van der Waals surface area (Å²) in [5.74, 6) is 0.889. The largest absolute Gasteiger partial charge is 0.493 e. The minimum atomic E-state index is -0.497. The van der Waals surface area contributed by atoms with Crippen molar-refractivity contribution in [2.24, 2.45) is 0 Å². The minimum absolute atomic E-state index is 0.0370. The zero-order valence-electron chi connectivity index (χ0n) is 18.9. The number of amides is 2. The number of aryl methyl sites for hydroxylation is 1. The van der Waals surface area contributed by atoms with Crippen LogP contribution in [0.15, 0.2) is 64.9 Å². The van der Waals surface area contributed by atoms with Crippen molar-refractivity contribution in [3.63, 3.8) is 0 Å². The Balaban J connectivity index is 1.81. The summed E-state index contributed by atoms with van der Waals surface area (Å²) in [6, 6.07) is 13.9. The van der Waals surface area contributed by atoms with E-state index in [9.17, 15) is 9.59 Å². The van der Waals surface area contributed by atoms with Gasteiger partial charge in [0.05, 0.1) is 27.6 Å². The van der Waals surface area contributed by atoms with Crippen LogP contribution in [-0.4, -0.2) is 33.1 Å². The lowest BCUT2D eigenvalue weighted by Gasteiger charge is -2.16. The lowest BCUT2D eigenvalue weighted by Crippen LogP contribution is -2.34. The van der Waals surface area contributed by atoms with E-state index in [1.165, 1.54) is 33.7 Å². The Hall–Kier alpha value is -4.20. The molecule has 1 aromatic heterocycles. The Bertz CT molecular complexity index is 1130. The third-order valence-corrected chi connectivity index (χ3v) is 4.86. The summed E-state index contributed by atoms with van der Waals surface area (Å²) in [5, 5.41) is 5.47. The van der Waals surface area contributed by atoms with Crippen LogP contribution in [0, 0.1) is 6.92 Å². The molecule has 8 heteroatoms. The molecule has 0 aliphatic rings. The van der Waals surface area contributed by atoms with Crippen LogP contribution in [0.1, 0.15) is 27.2 Å². The Morgan fingerprint density at radius 2 is 1.67 bits per heavy atom. The number of ether oxygens (including phenoxy) is 3. The highest BCUT2D eigenvalue weighted by atomic mass is 16.5. The number of furan rings is 1. The zero-order chi connectivity index (χ0) is 23.8. The zero-order valence-corrected chi connectivity index (χ0v) is 18.9. The van der Waals surface area contributed by atoms with E-state index in [1.807, 2.05) is 19.1 Å². The number of nitrogens with one attached hydrogen (secondary N) is 2. The van der Waals surface area contributed by atoms with E-state index in [0.717, 1.165) is 5.56 Å². The molecule has 0 atom stereocenters. The molecule has 0 fully saturated rings. The molecular weight excluding hydrogens is 424 g/mol. The molecule has 2 aromatic carbocycles. The molecule has 8 nitrogen and oxygen atoms in total. The summed E-state index contributed by atoms with van der Waals surface area (Å²) in [7, 11) is 4.54. The maximum atomic E-state index is 13.0. The van der Waals surface area contributed by atoms with Crippen molar-refractivity contribution in [1.82, 2.24) is 10.6 Å². The van der Waals surface area contributed by atoms with Gasteiger partial charge in [0.2, 0.25) is 5.75 Å². The lowest BCUT2D eigenvalue weighted by atomic mass is 10.1. The molecule has 0 saturated heterocycles. The van der Waals surface area contributed by atoms with Gasteiger partial charge in [0.1, 0.15) is 11.5 Å². The van der Waals surface area contributed by atoms with Gasteiger partial charge in [-0.2, -0.15) is 0 Å². The van der Waals surface area contributed by atoms with Gasteiger partial charge in [0.15, 0.2) is 11.5 Å². The standard InChI is InChI=1S/C25H26N2O6/c1-16-7-9-17(10-8-16)24(28)27-20(14-19-6-5-13-33-19)25(29)26-15-18-11-12-21(30-2)23(32-4)22(18)31-3/h5-14H,15H2,1-4H3,(H,26,29)(H,27,28)/b20-14-. The molecule has 1 heterocycles. The highest BCUT2D eigenvalue weighted by Crippen LogP contribution is 2.39. The van der Waals surface area contributed by atoms with Crippen LogP contribution in [0.5, 0.6) is 17.2 Å². The van der Waals surface area contributed by atoms with Crippen molar-refractivity contribution in [1.29, 1.82) is 0 Å². The smallest absolute Gasteiger partial charge is 0.268 e. The van der Waals surface area contributed by atoms with E-state index in [-0.39, 0.29) is 12.2 Å². The highest BCUT2D eigenvalue weighted by Gasteiger charge is 2.19. The fourth-order valence-corrected chi connectivity index (χ4v) is 3.15. The maximum absolute atomic E-state index is 13.0. The first-order valence-electron chi connectivity index (χ1n) is 10.2. The third-order valence-electron chi connectivity index (χ3n) is 4.86. The van der Waals surface area contributed by atoms with E-state index < -0.39 is 11.8 Å². The van der Waals surface area contributed by atoms with Gasteiger partial charge in [-0.05, 0) is 43.3 Å². The third kappa shape index (κ3) is 5.74. The molecule has 0 aliphatic heterocycles. The molecule has 2 amide bonds. The van der Waals surface area contributed by atoms with Crippen molar-refractivity contribution in [2.45, 2.75) is 13.5 Å². The molecule has 0 spiro atoms. The molecule has 0 radical (unpaired) electrons. The number of methoxy groups -OCH3 is 3. The highest BCUT2D eigenvalue weighted by molar-refractivity contribution is 6.05. The SMILES string of the molecule is COc1ccc(CNC(=O)/C(=C/c2ccco2)NC(=O)c2ccc(C)cc2)c(OC)c1OC. The Morgan fingerprint density at radius 3 is 2.27 bits per heavy atom. The van der Waals surface area contributed by atoms with Crippen LogP contribution >= 0.6 is 0 Å². The topological polar surface area (TPSA) is 99.0 Å². The Morgan fingerprint density at radius 1 is 0.939 bits per heavy atom. The molecule has 33 heavy (non-hydrogen) atoms. The molecule has 0 bridgehead atoms. The van der Waals surface area contributed by atoms with E-state index in [1.54, 1.807) is 36.4 Å². The summed E-state index contributed by atoms with van der Waals surface area (Å²) in [6.07, 6.45) is 2.95. The average molecular weight is 450 g/mol. The first kappa shape index (κ1) is 23.5. The van der Waals surface area contributed by atoms with Gasteiger partial charge in [0, 0.05) is 23.7 Å². The molecule has 0 saturated carbocycles. The van der Waals surface area contributed by atoms with Gasteiger partial charge < -0.3 is 29.3 Å². The Labute approximate surface area is 192 Å². The monoisotopic (exact) mass is 450 g/mol. The second-order valence-electron chi connectivity index (χ2n) is 7.07. The van der Waals surface area contributed by atoms with E-state index in [2.05, 4.69) is 10.6 Å². The van der Waals surface area contributed by atoms with E-state index >= 15 is 0 Å². The fraction of sp³-hybridized carbons (Fsp3) is 0.200. The quantitative estimate of drug-likeness (QED) is 0.483. The van der Waals surface area contributed by atoms with E-state index in [4.69, 9.17) is 18.6 Å². The van der Waals surface area contributed by atoms with Gasteiger partial charge in [-0.15, -0.1) is 0 Å². The van der Waals surface area contributed by atoms with Crippen molar-refractivity contribution in [3.05, 3.63) is 82.9 Å².